The highest BCUT2D eigenvalue weighted by atomic mass is 19.1. The summed E-state index contributed by atoms with van der Waals surface area (Å²) in [7, 11) is 0. The highest BCUT2D eigenvalue weighted by Crippen LogP contribution is 2.44. The van der Waals surface area contributed by atoms with Crippen molar-refractivity contribution >= 4 is 17.9 Å². The summed E-state index contributed by atoms with van der Waals surface area (Å²) >= 11 is 0. The molecule has 0 radical (unpaired) electrons. The van der Waals surface area contributed by atoms with Crippen LogP contribution in [-0.2, 0) is 22.6 Å². The molecule has 4 N–H and O–H groups in total. The van der Waals surface area contributed by atoms with Crippen LogP contribution in [0.3, 0.4) is 0 Å². The Kier molecular flexibility index (Phi) is 12.4. The van der Waals surface area contributed by atoms with Gasteiger partial charge in [-0.15, -0.1) is 0 Å². The van der Waals surface area contributed by atoms with Crippen molar-refractivity contribution in [1.82, 2.24) is 10.2 Å². The van der Waals surface area contributed by atoms with E-state index >= 15 is 0 Å². The van der Waals surface area contributed by atoms with Gasteiger partial charge in [0.25, 0.3) is 0 Å². The van der Waals surface area contributed by atoms with E-state index in [9.17, 15) is 23.5 Å². The Labute approximate surface area is 254 Å². The van der Waals surface area contributed by atoms with Crippen LogP contribution in [0.25, 0.3) is 6.08 Å². The van der Waals surface area contributed by atoms with Gasteiger partial charge in [0.2, 0.25) is 11.8 Å². The highest BCUT2D eigenvalue weighted by molar-refractivity contribution is 5.97. The Morgan fingerprint density at radius 1 is 1.09 bits per heavy atom. The number of allylic oxidation sites excluding steroid dienone is 3. The Morgan fingerprint density at radius 3 is 2.37 bits per heavy atom. The van der Waals surface area contributed by atoms with Crippen molar-refractivity contribution in [1.29, 1.82) is 0 Å². The molecule has 1 aliphatic rings. The Morgan fingerprint density at radius 2 is 1.77 bits per heavy atom. The first-order chi connectivity index (χ1) is 20.5. The van der Waals surface area contributed by atoms with Gasteiger partial charge in [0, 0.05) is 43.7 Å². The number of rotatable bonds is 15. The molecule has 0 bridgehead atoms. The molecular formula is C35H45F2N3O3. The van der Waals surface area contributed by atoms with Gasteiger partial charge < -0.3 is 21.1 Å². The maximum absolute atomic E-state index is 14.2. The van der Waals surface area contributed by atoms with E-state index in [1.807, 2.05) is 57.2 Å². The van der Waals surface area contributed by atoms with Crippen LogP contribution >= 0.6 is 0 Å². The molecule has 2 aromatic rings. The van der Waals surface area contributed by atoms with Crippen LogP contribution in [0.2, 0.25) is 0 Å². The zero-order valence-electron chi connectivity index (χ0n) is 25.7. The fraction of sp³-hybridized carbons (Fsp3) is 0.429. The molecular weight excluding hydrogens is 548 g/mol. The second-order valence-corrected chi connectivity index (χ2v) is 11.5. The average Bonchev–Trinajstić information content (AvgIpc) is 2.94. The van der Waals surface area contributed by atoms with Crippen LogP contribution in [-0.4, -0.2) is 47.6 Å². The number of hydrogen-bond acceptors (Lipinski definition) is 4. The van der Waals surface area contributed by atoms with E-state index in [1.165, 1.54) is 12.1 Å². The number of carbonyl (C=O) groups is 2. The van der Waals surface area contributed by atoms with Gasteiger partial charge in [0.15, 0.2) is 0 Å². The quantitative estimate of drug-likeness (QED) is 0.247. The Bertz CT molecular complexity index is 1340. The van der Waals surface area contributed by atoms with Crippen molar-refractivity contribution in [2.75, 3.05) is 19.6 Å². The summed E-state index contributed by atoms with van der Waals surface area (Å²) in [4.78, 5) is 28.9. The molecule has 6 nitrogen and oxygen atoms in total. The maximum atomic E-state index is 14.2. The molecule has 0 fully saturated rings. The van der Waals surface area contributed by atoms with E-state index in [0.717, 1.165) is 30.0 Å². The minimum Gasteiger partial charge on any atom is -0.391 e. The van der Waals surface area contributed by atoms with Gasteiger partial charge in [-0.2, -0.15) is 0 Å². The lowest BCUT2D eigenvalue weighted by atomic mass is 9.63. The second kappa shape index (κ2) is 15.7. The molecule has 0 spiro atoms. The van der Waals surface area contributed by atoms with Crippen LogP contribution in [0, 0.1) is 23.0 Å². The van der Waals surface area contributed by atoms with Crippen LogP contribution in [0.5, 0.6) is 0 Å². The lowest BCUT2D eigenvalue weighted by molar-refractivity contribution is -0.132. The molecule has 2 aromatic carbocycles. The normalized spacial score (nSPS) is 18.2. The Balaban J connectivity index is 1.97. The van der Waals surface area contributed by atoms with Crippen molar-refractivity contribution in [3.05, 3.63) is 100 Å². The zero-order chi connectivity index (χ0) is 31.6. The highest BCUT2D eigenvalue weighted by Gasteiger charge is 2.48. The summed E-state index contributed by atoms with van der Waals surface area (Å²) < 4.78 is 28.5. The summed E-state index contributed by atoms with van der Waals surface area (Å²) in [6, 6.07) is 11.1. The summed E-state index contributed by atoms with van der Waals surface area (Å²) in [5.74, 6) is -3.27. The number of nitrogens with one attached hydrogen (secondary N) is 1. The molecule has 0 saturated carbocycles. The monoisotopic (exact) mass is 593 g/mol. The zero-order valence-corrected chi connectivity index (χ0v) is 25.7. The first-order valence-corrected chi connectivity index (χ1v) is 15.1. The van der Waals surface area contributed by atoms with Gasteiger partial charge in [-0.05, 0) is 68.4 Å². The van der Waals surface area contributed by atoms with Crippen molar-refractivity contribution < 1.29 is 23.5 Å². The first kappa shape index (κ1) is 33.9. The standard InChI is InChI=1S/C35H45F2N3O3/c1-5-9-25-10-8-11-26(15-25)22-39-23-32(41)31(18-27-16-29(36)19-30(37)17-27)35(34(38)43)20-24(4)14-28(21-35)33(42)40(12-6-2)13-7-3/h5,8-11,14-17,19-20,31-32,39,41H,6-7,12-13,18,21-23H2,1-4H3,(H2,38,43)/b9-5-/t31-,32+,35?/m1/s1. The molecule has 3 atom stereocenters. The summed E-state index contributed by atoms with van der Waals surface area (Å²) in [6.45, 7) is 9.42. The SMILES string of the molecule is C/C=C\c1cccc(CNC[C@H](O)[C@@H](Cc2cc(F)cc(F)c2)C2(C(N)=O)C=C(C)C=C(C(=O)N(CCC)CCC)C2)c1. The van der Waals surface area contributed by atoms with E-state index in [4.69, 9.17) is 5.73 Å². The number of aliphatic hydroxyl groups excluding tert-OH is 1. The van der Waals surface area contributed by atoms with Crippen molar-refractivity contribution in [3.63, 3.8) is 0 Å². The number of nitrogens with zero attached hydrogens (tertiary/aromatic N) is 1. The predicted octanol–water partition coefficient (Wildman–Crippen LogP) is 5.70. The number of primary amides is 1. The van der Waals surface area contributed by atoms with Crippen LogP contribution in [0.15, 0.2) is 71.8 Å². The average molecular weight is 594 g/mol. The summed E-state index contributed by atoms with van der Waals surface area (Å²) in [5.41, 5.74) is 8.08. The third-order valence-corrected chi connectivity index (χ3v) is 7.87. The molecule has 232 valence electrons. The largest absolute Gasteiger partial charge is 0.391 e. The molecule has 0 saturated heterocycles. The predicted molar refractivity (Wildman–Crippen MR) is 168 cm³/mol. The minimum atomic E-state index is -1.47. The summed E-state index contributed by atoms with van der Waals surface area (Å²) in [6.07, 6.45) is 7.80. The molecule has 0 aromatic heterocycles. The van der Waals surface area contributed by atoms with Crippen molar-refractivity contribution in [3.8, 4) is 0 Å². The smallest absolute Gasteiger partial charge is 0.249 e. The van der Waals surface area contributed by atoms with Crippen molar-refractivity contribution in [2.24, 2.45) is 17.1 Å². The van der Waals surface area contributed by atoms with E-state index in [2.05, 4.69) is 5.32 Å². The van der Waals surface area contributed by atoms with Gasteiger partial charge in [0.05, 0.1) is 11.5 Å². The number of aliphatic hydroxyl groups is 1. The topological polar surface area (TPSA) is 95.7 Å². The maximum Gasteiger partial charge on any atom is 0.249 e. The van der Waals surface area contributed by atoms with Crippen molar-refractivity contribution in [2.45, 2.75) is 66.0 Å². The van der Waals surface area contributed by atoms with Gasteiger partial charge in [-0.25, -0.2) is 8.78 Å². The van der Waals surface area contributed by atoms with Gasteiger partial charge in [0.1, 0.15) is 11.6 Å². The third kappa shape index (κ3) is 8.94. The molecule has 3 rings (SSSR count). The van der Waals surface area contributed by atoms with Crippen LogP contribution in [0.1, 0.15) is 63.6 Å². The van der Waals surface area contributed by atoms with E-state index < -0.39 is 35.0 Å². The fourth-order valence-electron chi connectivity index (χ4n) is 6.06. The number of nitrogens with two attached hydrogens (primary N) is 1. The number of carbonyl (C=O) groups excluding carboxylic acids is 2. The Hall–Kier alpha value is -3.62. The number of hydrogen-bond donors (Lipinski definition) is 3. The molecule has 0 aliphatic heterocycles. The number of benzene rings is 2. The molecule has 2 amide bonds. The molecule has 43 heavy (non-hydrogen) atoms. The number of halogens is 2. The third-order valence-electron chi connectivity index (χ3n) is 7.87. The van der Waals surface area contributed by atoms with Crippen LogP contribution in [0.4, 0.5) is 8.78 Å². The van der Waals surface area contributed by atoms with Crippen LogP contribution < -0.4 is 11.1 Å². The van der Waals surface area contributed by atoms with E-state index in [1.54, 1.807) is 24.0 Å². The van der Waals surface area contributed by atoms with Gasteiger partial charge in [-0.3, -0.25) is 9.59 Å². The fourth-order valence-corrected chi connectivity index (χ4v) is 6.06. The lowest BCUT2D eigenvalue weighted by Crippen LogP contribution is -2.51. The van der Waals surface area contributed by atoms with E-state index in [-0.39, 0.29) is 30.9 Å². The lowest BCUT2D eigenvalue weighted by Gasteiger charge is -2.42. The minimum absolute atomic E-state index is 0.0205. The molecule has 1 unspecified atom stereocenters. The van der Waals surface area contributed by atoms with E-state index in [0.29, 0.717) is 30.8 Å². The van der Waals surface area contributed by atoms with Gasteiger partial charge >= 0.3 is 0 Å². The second-order valence-electron chi connectivity index (χ2n) is 11.5. The first-order valence-electron chi connectivity index (χ1n) is 15.1. The number of amides is 2. The van der Waals surface area contributed by atoms with Gasteiger partial charge in [-0.1, -0.05) is 68.0 Å². The summed E-state index contributed by atoms with van der Waals surface area (Å²) in [5, 5.41) is 14.9. The molecule has 0 heterocycles. The molecule has 1 aliphatic carbocycles. The molecule has 8 heteroatoms.